The second-order valence-electron chi connectivity index (χ2n) is 8.35. The van der Waals surface area contributed by atoms with E-state index in [1.807, 2.05) is 59.5 Å². The maximum absolute atomic E-state index is 12.7. The quantitative estimate of drug-likeness (QED) is 0.783. The Morgan fingerprint density at radius 2 is 1.61 bits per heavy atom. The van der Waals surface area contributed by atoms with E-state index >= 15 is 0 Å². The first-order chi connectivity index (χ1) is 15.1. The number of likely N-dealkylation sites (tertiary alicyclic amines) is 1. The summed E-state index contributed by atoms with van der Waals surface area (Å²) in [4.78, 5) is 40.7. The summed E-state index contributed by atoms with van der Waals surface area (Å²) >= 11 is 0. The fourth-order valence-electron chi connectivity index (χ4n) is 4.32. The number of nitrogens with one attached hydrogen (secondary N) is 1. The topological polar surface area (TPSA) is 69.7 Å². The third-order valence-electron chi connectivity index (χ3n) is 6.20. The minimum absolute atomic E-state index is 0.0370. The molecule has 162 valence electrons. The van der Waals surface area contributed by atoms with E-state index in [-0.39, 0.29) is 23.6 Å². The largest absolute Gasteiger partial charge is 0.352 e. The third kappa shape index (κ3) is 5.32. The van der Waals surface area contributed by atoms with Crippen LogP contribution in [0.5, 0.6) is 0 Å². The van der Waals surface area contributed by atoms with Gasteiger partial charge in [-0.3, -0.25) is 14.4 Å². The van der Waals surface area contributed by atoms with E-state index in [4.69, 9.17) is 0 Å². The Morgan fingerprint density at radius 3 is 2.26 bits per heavy atom. The summed E-state index contributed by atoms with van der Waals surface area (Å²) in [6.45, 7) is 2.54. The predicted molar refractivity (Wildman–Crippen MR) is 119 cm³/mol. The van der Waals surface area contributed by atoms with Crippen LogP contribution < -0.4 is 10.2 Å². The summed E-state index contributed by atoms with van der Waals surface area (Å²) in [5.41, 5.74) is 2.94. The number of nitrogens with zero attached hydrogens (tertiary/aromatic N) is 2. The van der Waals surface area contributed by atoms with Gasteiger partial charge in [-0.05, 0) is 42.5 Å². The number of anilines is 1. The molecule has 3 amide bonds. The van der Waals surface area contributed by atoms with Gasteiger partial charge in [-0.15, -0.1) is 0 Å². The van der Waals surface area contributed by atoms with Crippen LogP contribution in [-0.2, 0) is 27.3 Å². The van der Waals surface area contributed by atoms with Crippen molar-refractivity contribution in [1.82, 2.24) is 10.2 Å². The Bertz CT molecular complexity index is 919. The minimum atomic E-state index is -0.0370. The van der Waals surface area contributed by atoms with E-state index in [1.54, 1.807) is 4.90 Å². The third-order valence-corrected chi connectivity index (χ3v) is 6.20. The van der Waals surface area contributed by atoms with Crippen LogP contribution in [-0.4, -0.2) is 42.3 Å². The van der Waals surface area contributed by atoms with Crippen molar-refractivity contribution in [2.45, 2.75) is 38.6 Å². The molecule has 2 aliphatic rings. The molecule has 4 rings (SSSR count). The van der Waals surface area contributed by atoms with Crippen LogP contribution in [0.3, 0.4) is 0 Å². The SMILES string of the molecule is O=C(NCc1ccccc1)C1CCN(C(=O)Cc2ccc(N3CCCC3=O)cc2)CC1. The van der Waals surface area contributed by atoms with Gasteiger partial charge in [0, 0.05) is 44.2 Å². The van der Waals surface area contributed by atoms with Crippen molar-refractivity contribution in [3.05, 3.63) is 65.7 Å². The number of carbonyl (C=O) groups excluding carboxylic acids is 3. The second-order valence-corrected chi connectivity index (χ2v) is 8.35. The zero-order valence-electron chi connectivity index (χ0n) is 17.8. The van der Waals surface area contributed by atoms with Gasteiger partial charge in [0.2, 0.25) is 17.7 Å². The van der Waals surface area contributed by atoms with E-state index < -0.39 is 0 Å². The standard InChI is InChI=1S/C25H29N3O3/c29-23-7-4-14-28(23)22-10-8-19(9-11-22)17-24(30)27-15-12-21(13-16-27)25(31)26-18-20-5-2-1-3-6-20/h1-3,5-6,8-11,21H,4,7,12-18H2,(H,26,31). The van der Waals surface area contributed by atoms with Gasteiger partial charge in [-0.1, -0.05) is 42.5 Å². The van der Waals surface area contributed by atoms with Crippen molar-refractivity contribution < 1.29 is 14.4 Å². The number of hydrogen-bond acceptors (Lipinski definition) is 3. The van der Waals surface area contributed by atoms with E-state index in [1.165, 1.54) is 0 Å². The number of piperidine rings is 1. The molecule has 1 N–H and O–H groups in total. The van der Waals surface area contributed by atoms with Gasteiger partial charge in [0.05, 0.1) is 6.42 Å². The van der Waals surface area contributed by atoms with E-state index in [0.717, 1.165) is 29.8 Å². The summed E-state index contributed by atoms with van der Waals surface area (Å²) in [7, 11) is 0. The van der Waals surface area contributed by atoms with E-state index in [9.17, 15) is 14.4 Å². The lowest BCUT2D eigenvalue weighted by Crippen LogP contribution is -2.43. The van der Waals surface area contributed by atoms with Gasteiger partial charge in [0.15, 0.2) is 0 Å². The molecule has 6 nitrogen and oxygen atoms in total. The molecule has 0 radical (unpaired) electrons. The van der Waals surface area contributed by atoms with Gasteiger partial charge < -0.3 is 15.1 Å². The fourth-order valence-corrected chi connectivity index (χ4v) is 4.32. The van der Waals surface area contributed by atoms with E-state index in [2.05, 4.69) is 5.32 Å². The van der Waals surface area contributed by atoms with Gasteiger partial charge in [0.1, 0.15) is 0 Å². The Morgan fingerprint density at radius 1 is 0.903 bits per heavy atom. The average Bonchev–Trinajstić information content (AvgIpc) is 3.24. The predicted octanol–water partition coefficient (Wildman–Crippen LogP) is 2.91. The lowest BCUT2D eigenvalue weighted by atomic mass is 9.95. The van der Waals surface area contributed by atoms with Crippen LogP contribution >= 0.6 is 0 Å². The van der Waals surface area contributed by atoms with Gasteiger partial charge >= 0.3 is 0 Å². The van der Waals surface area contributed by atoms with Crippen LogP contribution in [0, 0.1) is 5.92 Å². The van der Waals surface area contributed by atoms with Crippen molar-refractivity contribution in [3.63, 3.8) is 0 Å². The normalized spacial score (nSPS) is 17.1. The Balaban J connectivity index is 1.22. The smallest absolute Gasteiger partial charge is 0.227 e. The molecule has 0 atom stereocenters. The number of amides is 3. The Labute approximate surface area is 183 Å². The number of benzene rings is 2. The van der Waals surface area contributed by atoms with Gasteiger partial charge in [-0.2, -0.15) is 0 Å². The highest BCUT2D eigenvalue weighted by molar-refractivity contribution is 5.95. The van der Waals surface area contributed by atoms with Crippen molar-refractivity contribution >= 4 is 23.4 Å². The fraction of sp³-hybridized carbons (Fsp3) is 0.400. The molecule has 0 aliphatic carbocycles. The van der Waals surface area contributed by atoms with Crippen molar-refractivity contribution in [3.8, 4) is 0 Å². The van der Waals surface area contributed by atoms with Crippen LogP contribution in [0.4, 0.5) is 5.69 Å². The van der Waals surface area contributed by atoms with Crippen molar-refractivity contribution in [2.75, 3.05) is 24.5 Å². The summed E-state index contributed by atoms with van der Waals surface area (Å²) in [5, 5.41) is 3.01. The highest BCUT2D eigenvalue weighted by Crippen LogP contribution is 2.23. The molecule has 0 aromatic heterocycles. The molecule has 0 unspecified atom stereocenters. The summed E-state index contributed by atoms with van der Waals surface area (Å²) in [6, 6.07) is 17.6. The molecule has 31 heavy (non-hydrogen) atoms. The highest BCUT2D eigenvalue weighted by atomic mass is 16.2. The molecule has 2 aliphatic heterocycles. The summed E-state index contributed by atoms with van der Waals surface area (Å²) in [5.74, 6) is 0.292. The number of carbonyl (C=O) groups is 3. The Kier molecular flexibility index (Phi) is 6.65. The monoisotopic (exact) mass is 419 g/mol. The Hall–Kier alpha value is -3.15. The van der Waals surface area contributed by atoms with Crippen LogP contribution in [0.1, 0.15) is 36.8 Å². The summed E-state index contributed by atoms with van der Waals surface area (Å²) < 4.78 is 0. The molecule has 0 saturated carbocycles. The van der Waals surface area contributed by atoms with Gasteiger partial charge in [-0.25, -0.2) is 0 Å². The van der Waals surface area contributed by atoms with E-state index in [0.29, 0.717) is 45.3 Å². The molecule has 2 fully saturated rings. The lowest BCUT2D eigenvalue weighted by molar-refractivity contribution is -0.135. The molecule has 0 bridgehead atoms. The van der Waals surface area contributed by atoms with Crippen LogP contribution in [0.2, 0.25) is 0 Å². The average molecular weight is 420 g/mol. The van der Waals surface area contributed by atoms with Crippen molar-refractivity contribution in [1.29, 1.82) is 0 Å². The minimum Gasteiger partial charge on any atom is -0.352 e. The summed E-state index contributed by atoms with van der Waals surface area (Å²) in [6.07, 6.45) is 3.25. The number of rotatable bonds is 6. The lowest BCUT2D eigenvalue weighted by Gasteiger charge is -2.31. The molecule has 2 aromatic carbocycles. The zero-order chi connectivity index (χ0) is 21.6. The molecule has 2 aromatic rings. The first kappa shape index (κ1) is 21.1. The zero-order valence-corrected chi connectivity index (χ0v) is 17.8. The molecule has 2 saturated heterocycles. The first-order valence-electron chi connectivity index (χ1n) is 11.1. The van der Waals surface area contributed by atoms with Crippen LogP contribution in [0.25, 0.3) is 0 Å². The molecule has 0 spiro atoms. The molecule has 6 heteroatoms. The maximum Gasteiger partial charge on any atom is 0.227 e. The first-order valence-corrected chi connectivity index (χ1v) is 11.1. The van der Waals surface area contributed by atoms with Gasteiger partial charge in [0.25, 0.3) is 0 Å². The highest BCUT2D eigenvalue weighted by Gasteiger charge is 2.27. The second kappa shape index (κ2) is 9.77. The molecule has 2 heterocycles. The maximum atomic E-state index is 12.7. The van der Waals surface area contributed by atoms with Crippen molar-refractivity contribution in [2.24, 2.45) is 5.92 Å². The van der Waals surface area contributed by atoms with Crippen LogP contribution in [0.15, 0.2) is 54.6 Å². The molecular weight excluding hydrogens is 390 g/mol. The number of hydrogen-bond donors (Lipinski definition) is 1. The molecular formula is C25H29N3O3.